The van der Waals surface area contributed by atoms with Gasteiger partial charge in [0.15, 0.2) is 10.9 Å². The molecule has 0 spiro atoms. The van der Waals surface area contributed by atoms with Gasteiger partial charge in [-0.15, -0.1) is 0 Å². The predicted octanol–water partition coefficient (Wildman–Crippen LogP) is 5.10. The Hall–Kier alpha value is -2.95. The van der Waals surface area contributed by atoms with Gasteiger partial charge in [-0.25, -0.2) is 4.39 Å². The van der Waals surface area contributed by atoms with Gasteiger partial charge in [-0.3, -0.25) is 14.8 Å². The van der Waals surface area contributed by atoms with Gasteiger partial charge >= 0.3 is 0 Å². The van der Waals surface area contributed by atoms with Crippen LogP contribution in [-0.2, 0) is 6.54 Å². The van der Waals surface area contributed by atoms with Crippen LogP contribution in [0.25, 0.3) is 0 Å². The summed E-state index contributed by atoms with van der Waals surface area (Å²) < 4.78 is 20.6. The lowest BCUT2D eigenvalue weighted by molar-refractivity contribution is -0.384. The van der Waals surface area contributed by atoms with Gasteiger partial charge in [0.05, 0.1) is 30.3 Å². The first kappa shape index (κ1) is 21.8. The number of nitro benzene ring substituents is 1. The highest BCUT2D eigenvalue weighted by Crippen LogP contribution is 2.29. The van der Waals surface area contributed by atoms with E-state index in [9.17, 15) is 14.5 Å². The molecule has 2 N–H and O–H groups in total. The van der Waals surface area contributed by atoms with Crippen molar-refractivity contribution in [2.24, 2.45) is 0 Å². The van der Waals surface area contributed by atoms with Crippen LogP contribution in [-0.4, -0.2) is 26.9 Å². The van der Waals surface area contributed by atoms with Gasteiger partial charge in [-0.2, -0.15) is 5.10 Å². The first-order valence-electron chi connectivity index (χ1n) is 8.34. The number of benzene rings is 2. The van der Waals surface area contributed by atoms with Gasteiger partial charge in [0.1, 0.15) is 16.6 Å². The SMILES string of the molecule is COc1cc([N+](=O)[O-])ccc1NC(=S)Nc1nn(Cc2c(F)cccc2Cl)cc1Cl. The molecule has 0 unspecified atom stereocenters. The first-order valence-corrected chi connectivity index (χ1v) is 9.51. The first-order chi connectivity index (χ1) is 14.3. The van der Waals surface area contributed by atoms with E-state index in [0.29, 0.717) is 5.69 Å². The number of hydrogen-bond acceptors (Lipinski definition) is 5. The van der Waals surface area contributed by atoms with Gasteiger partial charge in [0, 0.05) is 22.8 Å². The highest BCUT2D eigenvalue weighted by atomic mass is 35.5. The van der Waals surface area contributed by atoms with Crippen LogP contribution in [0, 0.1) is 15.9 Å². The second-order valence-electron chi connectivity index (χ2n) is 5.94. The van der Waals surface area contributed by atoms with E-state index in [1.807, 2.05) is 0 Å². The maximum Gasteiger partial charge on any atom is 0.273 e. The van der Waals surface area contributed by atoms with Crippen molar-refractivity contribution >= 4 is 57.7 Å². The van der Waals surface area contributed by atoms with Crippen molar-refractivity contribution in [3.63, 3.8) is 0 Å². The zero-order chi connectivity index (χ0) is 21.8. The number of ether oxygens (including phenoxy) is 1. The fraction of sp³-hybridized carbons (Fsp3) is 0.111. The lowest BCUT2D eigenvalue weighted by atomic mass is 10.2. The highest BCUT2D eigenvalue weighted by Gasteiger charge is 2.15. The van der Waals surface area contributed by atoms with E-state index in [4.69, 9.17) is 40.2 Å². The average Bonchev–Trinajstić information content (AvgIpc) is 3.03. The van der Waals surface area contributed by atoms with Crippen molar-refractivity contribution in [1.29, 1.82) is 0 Å². The molecule has 0 aliphatic rings. The summed E-state index contributed by atoms with van der Waals surface area (Å²) >= 11 is 17.5. The number of rotatable bonds is 6. The lowest BCUT2D eigenvalue weighted by Gasteiger charge is -2.12. The Kier molecular flexibility index (Phi) is 6.70. The summed E-state index contributed by atoms with van der Waals surface area (Å²) in [7, 11) is 1.38. The van der Waals surface area contributed by atoms with Crippen LogP contribution in [0.1, 0.15) is 5.56 Å². The highest BCUT2D eigenvalue weighted by molar-refractivity contribution is 7.80. The third-order valence-electron chi connectivity index (χ3n) is 3.97. The van der Waals surface area contributed by atoms with Gasteiger partial charge in [-0.1, -0.05) is 29.3 Å². The molecule has 30 heavy (non-hydrogen) atoms. The molecule has 12 heteroatoms. The second kappa shape index (κ2) is 9.24. The molecule has 0 aliphatic heterocycles. The quantitative estimate of drug-likeness (QED) is 0.294. The van der Waals surface area contributed by atoms with E-state index in [1.165, 1.54) is 48.3 Å². The zero-order valence-electron chi connectivity index (χ0n) is 15.4. The molecule has 0 radical (unpaired) electrons. The third kappa shape index (κ3) is 4.96. The molecule has 3 aromatic rings. The van der Waals surface area contributed by atoms with Gasteiger partial charge < -0.3 is 15.4 Å². The molecule has 1 aromatic heterocycles. The molecule has 1 heterocycles. The molecule has 8 nitrogen and oxygen atoms in total. The van der Waals surface area contributed by atoms with Crippen LogP contribution in [0.2, 0.25) is 10.0 Å². The normalized spacial score (nSPS) is 10.5. The number of nitro groups is 1. The summed E-state index contributed by atoms with van der Waals surface area (Å²) in [4.78, 5) is 10.4. The molecular weight excluding hydrogens is 456 g/mol. The summed E-state index contributed by atoms with van der Waals surface area (Å²) in [5, 5.41) is 21.5. The molecule has 0 saturated heterocycles. The fourth-order valence-electron chi connectivity index (χ4n) is 2.57. The molecule has 156 valence electrons. The van der Waals surface area contributed by atoms with E-state index in [1.54, 1.807) is 6.07 Å². The Morgan fingerprint density at radius 2 is 2.07 bits per heavy atom. The lowest BCUT2D eigenvalue weighted by Crippen LogP contribution is -2.20. The van der Waals surface area contributed by atoms with E-state index < -0.39 is 10.7 Å². The minimum Gasteiger partial charge on any atom is -0.494 e. The molecule has 0 saturated carbocycles. The van der Waals surface area contributed by atoms with Crippen LogP contribution in [0.5, 0.6) is 5.75 Å². The maximum absolute atomic E-state index is 14.0. The molecule has 0 atom stereocenters. The summed E-state index contributed by atoms with van der Waals surface area (Å²) in [5.41, 5.74) is 0.570. The van der Waals surface area contributed by atoms with Crippen LogP contribution >= 0.6 is 35.4 Å². The smallest absolute Gasteiger partial charge is 0.273 e. The van der Waals surface area contributed by atoms with E-state index in [0.717, 1.165) is 0 Å². The molecule has 0 fully saturated rings. The standard InChI is InChI=1S/C18H14Cl2FN5O3S/c1-29-16-7-10(26(27)28)5-6-15(16)22-18(30)23-17-13(20)9-25(24-17)8-11-12(19)3-2-4-14(11)21/h2-7,9H,8H2,1H3,(H2,22,23,24,30). The third-order valence-corrected chi connectivity index (χ3v) is 4.81. The van der Waals surface area contributed by atoms with Crippen LogP contribution < -0.4 is 15.4 Å². The Labute approximate surface area is 185 Å². The Morgan fingerprint density at radius 1 is 1.30 bits per heavy atom. The number of non-ortho nitro benzene ring substituents is 1. The summed E-state index contributed by atoms with van der Waals surface area (Å²) in [6, 6.07) is 8.45. The predicted molar refractivity (Wildman–Crippen MR) is 117 cm³/mol. The Bertz CT molecular complexity index is 1100. The molecule has 0 aliphatic carbocycles. The monoisotopic (exact) mass is 469 g/mol. The zero-order valence-corrected chi connectivity index (χ0v) is 17.7. The molecule has 2 aromatic carbocycles. The second-order valence-corrected chi connectivity index (χ2v) is 7.17. The van der Waals surface area contributed by atoms with Crippen molar-refractivity contribution in [2.45, 2.75) is 6.54 Å². The number of methoxy groups -OCH3 is 1. The molecular formula is C18H14Cl2FN5O3S. The van der Waals surface area contributed by atoms with Gasteiger partial charge in [0.25, 0.3) is 5.69 Å². The fourth-order valence-corrected chi connectivity index (χ4v) is 3.19. The van der Waals surface area contributed by atoms with Crippen molar-refractivity contribution in [3.05, 3.63) is 74.1 Å². The number of thiocarbonyl (C=S) groups is 1. The van der Waals surface area contributed by atoms with Crippen LogP contribution in [0.3, 0.4) is 0 Å². The van der Waals surface area contributed by atoms with Crippen LogP contribution in [0.4, 0.5) is 21.6 Å². The number of hydrogen-bond donors (Lipinski definition) is 2. The van der Waals surface area contributed by atoms with Gasteiger partial charge in [-0.05, 0) is 30.4 Å². The van der Waals surface area contributed by atoms with E-state index in [-0.39, 0.29) is 44.5 Å². The molecule has 3 rings (SSSR count). The number of nitrogens with zero attached hydrogens (tertiary/aromatic N) is 3. The minimum atomic E-state index is -0.531. The van der Waals surface area contributed by atoms with E-state index in [2.05, 4.69) is 15.7 Å². The molecule has 0 bridgehead atoms. The largest absolute Gasteiger partial charge is 0.494 e. The number of nitrogens with one attached hydrogen (secondary N) is 2. The summed E-state index contributed by atoms with van der Waals surface area (Å²) in [5.74, 6) is 0.0211. The Balaban J connectivity index is 1.73. The van der Waals surface area contributed by atoms with Crippen molar-refractivity contribution in [2.75, 3.05) is 17.7 Å². The van der Waals surface area contributed by atoms with Crippen molar-refractivity contribution < 1.29 is 14.1 Å². The van der Waals surface area contributed by atoms with Gasteiger partial charge in [0.2, 0.25) is 0 Å². The van der Waals surface area contributed by atoms with E-state index >= 15 is 0 Å². The average molecular weight is 470 g/mol. The topological polar surface area (TPSA) is 94.2 Å². The number of aromatic nitrogens is 2. The number of anilines is 2. The Morgan fingerprint density at radius 3 is 2.73 bits per heavy atom. The molecule has 0 amide bonds. The summed E-state index contributed by atoms with van der Waals surface area (Å²) in [6.07, 6.45) is 1.50. The van der Waals surface area contributed by atoms with Crippen molar-refractivity contribution in [3.8, 4) is 5.75 Å². The minimum absolute atomic E-state index is 0.0727. The van der Waals surface area contributed by atoms with Crippen molar-refractivity contribution in [1.82, 2.24) is 9.78 Å². The maximum atomic E-state index is 14.0. The number of halogens is 3. The summed E-state index contributed by atoms with van der Waals surface area (Å²) in [6.45, 7) is 0.0727. The van der Waals surface area contributed by atoms with Crippen LogP contribution in [0.15, 0.2) is 42.6 Å².